The number of alkyl halides is 1. The third-order valence-electron chi connectivity index (χ3n) is 7.34. The highest BCUT2D eigenvalue weighted by Crippen LogP contribution is 2.36. The number of fused-ring (bicyclic) bond motifs is 1. The summed E-state index contributed by atoms with van der Waals surface area (Å²) >= 11 is 0. The first-order valence-corrected chi connectivity index (χ1v) is 13.3. The fourth-order valence-corrected chi connectivity index (χ4v) is 5.36. The Bertz CT molecular complexity index is 1440. The van der Waals surface area contributed by atoms with Crippen LogP contribution in [0.5, 0.6) is 5.75 Å². The average molecular weight is 550 g/mol. The van der Waals surface area contributed by atoms with Crippen LogP contribution in [0.4, 0.5) is 14.5 Å². The van der Waals surface area contributed by atoms with Crippen LogP contribution < -0.4 is 10.1 Å². The molecule has 1 aliphatic rings. The van der Waals surface area contributed by atoms with Crippen molar-refractivity contribution < 1.29 is 28.2 Å². The molecule has 4 rings (SSSR count). The Balaban J connectivity index is 1.40. The van der Waals surface area contributed by atoms with Crippen molar-refractivity contribution in [2.45, 2.75) is 38.8 Å². The quantitative estimate of drug-likeness (QED) is 0.338. The van der Waals surface area contributed by atoms with Crippen LogP contribution >= 0.6 is 0 Å². The van der Waals surface area contributed by atoms with Crippen molar-refractivity contribution in [2.75, 3.05) is 32.1 Å². The van der Waals surface area contributed by atoms with Gasteiger partial charge in [-0.2, -0.15) is 0 Å². The Kier molecular flexibility index (Phi) is 9.67. The molecule has 0 aliphatic carbocycles. The van der Waals surface area contributed by atoms with Gasteiger partial charge in [0.1, 0.15) is 17.7 Å². The molecule has 9 heteroatoms. The molecule has 0 unspecified atom stereocenters. The van der Waals surface area contributed by atoms with Crippen molar-refractivity contribution in [2.24, 2.45) is 11.8 Å². The van der Waals surface area contributed by atoms with Crippen molar-refractivity contribution in [1.82, 2.24) is 9.88 Å². The molecule has 0 radical (unpaired) electrons. The summed E-state index contributed by atoms with van der Waals surface area (Å²) in [5, 5.41) is 12.9. The fraction of sp³-hybridized carbons (Fsp3) is 0.387. The highest BCUT2D eigenvalue weighted by Gasteiger charge is 2.31. The minimum atomic E-state index is -1.21. The first-order chi connectivity index (χ1) is 19.2. The van der Waals surface area contributed by atoms with Crippen LogP contribution in [0.3, 0.4) is 0 Å². The van der Waals surface area contributed by atoms with E-state index >= 15 is 4.39 Å². The van der Waals surface area contributed by atoms with Gasteiger partial charge in [-0.3, -0.25) is 19.5 Å². The number of aromatic nitrogens is 1. The van der Waals surface area contributed by atoms with Crippen LogP contribution in [0.25, 0.3) is 10.9 Å². The summed E-state index contributed by atoms with van der Waals surface area (Å²) in [4.78, 5) is 29.5. The van der Waals surface area contributed by atoms with E-state index in [0.29, 0.717) is 59.5 Å². The Morgan fingerprint density at radius 1 is 1.23 bits per heavy atom. The van der Waals surface area contributed by atoms with Gasteiger partial charge >= 0.3 is 5.97 Å². The van der Waals surface area contributed by atoms with Crippen LogP contribution in [0.2, 0.25) is 0 Å². The van der Waals surface area contributed by atoms with Gasteiger partial charge in [-0.25, -0.2) is 8.78 Å². The molecule has 1 fully saturated rings. The van der Waals surface area contributed by atoms with E-state index in [4.69, 9.17) is 4.74 Å². The number of carbonyl (C=O) groups excluding carboxylic acids is 1. The topological polar surface area (TPSA) is 91.8 Å². The van der Waals surface area contributed by atoms with Crippen LogP contribution in [0, 0.1) is 29.5 Å². The molecule has 210 valence electrons. The van der Waals surface area contributed by atoms with Crippen LogP contribution in [0.1, 0.15) is 49.9 Å². The standard InChI is InChI=1S/C31H33F2N3O4/c1-20(37)35-29-9-6-24(32)16-22(29)4-3-14-36-15-12-21(23(19-36)17-31(38)39)5-8-28(33)26-11-13-34-30-10-7-25(40-2)18-27(26)30/h6-7,9-11,13,16,18,21,23,28H,5,8,12,14-15,17,19H2,1-2H3,(H,35,37)(H,38,39)/t21-,23+,28-/m1/s1. The number of anilines is 1. The Morgan fingerprint density at radius 2 is 2.05 bits per heavy atom. The number of nitrogens with zero attached hydrogens (tertiary/aromatic N) is 2. The number of likely N-dealkylation sites (tertiary alicyclic amines) is 1. The molecule has 7 nitrogen and oxygen atoms in total. The maximum absolute atomic E-state index is 15.5. The molecule has 2 heterocycles. The zero-order valence-electron chi connectivity index (χ0n) is 22.6. The number of hydrogen-bond donors (Lipinski definition) is 2. The lowest BCUT2D eigenvalue weighted by molar-refractivity contribution is -0.139. The summed E-state index contributed by atoms with van der Waals surface area (Å²) in [7, 11) is 1.56. The molecule has 1 aliphatic heterocycles. The largest absolute Gasteiger partial charge is 0.497 e. The molecular formula is C31H33F2N3O4. The zero-order valence-corrected chi connectivity index (χ0v) is 22.6. The number of carboxylic acid groups (broad SMARTS) is 1. The molecule has 0 bridgehead atoms. The van der Waals surface area contributed by atoms with E-state index < -0.39 is 18.0 Å². The summed E-state index contributed by atoms with van der Waals surface area (Å²) in [5.41, 5.74) is 2.07. The number of carbonyl (C=O) groups is 2. The van der Waals surface area contributed by atoms with Crippen LogP contribution in [-0.2, 0) is 9.59 Å². The van der Waals surface area contributed by atoms with Gasteiger partial charge < -0.3 is 15.2 Å². The molecule has 3 atom stereocenters. The molecule has 2 N–H and O–H groups in total. The van der Waals surface area contributed by atoms with Crippen molar-refractivity contribution in [1.29, 1.82) is 0 Å². The van der Waals surface area contributed by atoms with E-state index in [1.807, 2.05) is 0 Å². The first-order valence-electron chi connectivity index (χ1n) is 13.3. The number of pyridine rings is 1. The second-order valence-corrected chi connectivity index (χ2v) is 10.1. The maximum atomic E-state index is 15.5. The fourth-order valence-electron chi connectivity index (χ4n) is 5.36. The average Bonchev–Trinajstić information content (AvgIpc) is 2.92. The van der Waals surface area contributed by atoms with E-state index in [1.165, 1.54) is 25.1 Å². The second kappa shape index (κ2) is 13.4. The minimum Gasteiger partial charge on any atom is -0.497 e. The monoisotopic (exact) mass is 549 g/mol. The number of ether oxygens (including phenoxy) is 1. The summed E-state index contributed by atoms with van der Waals surface area (Å²) in [6, 6.07) is 11.1. The van der Waals surface area contributed by atoms with Crippen molar-refractivity contribution >= 4 is 28.5 Å². The van der Waals surface area contributed by atoms with Gasteiger partial charge in [-0.1, -0.05) is 11.8 Å². The highest BCUT2D eigenvalue weighted by molar-refractivity contribution is 5.90. The zero-order chi connectivity index (χ0) is 28.6. The van der Waals surface area contributed by atoms with Crippen molar-refractivity contribution in [3.63, 3.8) is 0 Å². The third-order valence-corrected chi connectivity index (χ3v) is 7.34. The lowest BCUT2D eigenvalue weighted by Crippen LogP contribution is -2.41. The number of halogens is 2. The predicted octanol–water partition coefficient (Wildman–Crippen LogP) is 5.60. The molecule has 1 amide bonds. The van der Waals surface area contributed by atoms with Crippen molar-refractivity contribution in [3.8, 4) is 17.6 Å². The predicted molar refractivity (Wildman–Crippen MR) is 149 cm³/mol. The number of rotatable bonds is 9. The van der Waals surface area contributed by atoms with Gasteiger partial charge in [0.25, 0.3) is 0 Å². The summed E-state index contributed by atoms with van der Waals surface area (Å²) in [6.45, 7) is 2.97. The SMILES string of the molecule is COc1ccc2nccc([C@H](F)CC[C@@H]3CCN(CC#Cc4cc(F)ccc4NC(C)=O)C[C@@H]3CC(=O)O)c2c1. The van der Waals surface area contributed by atoms with Crippen LogP contribution in [0.15, 0.2) is 48.7 Å². The van der Waals surface area contributed by atoms with Gasteiger partial charge in [0, 0.05) is 31.5 Å². The Morgan fingerprint density at radius 3 is 2.80 bits per heavy atom. The Labute approximate surface area is 232 Å². The number of piperidine rings is 1. The molecule has 3 aromatic rings. The van der Waals surface area contributed by atoms with Crippen LogP contribution in [-0.4, -0.2) is 53.6 Å². The lowest BCUT2D eigenvalue weighted by Gasteiger charge is -2.37. The molecular weight excluding hydrogens is 516 g/mol. The Hall–Kier alpha value is -4.03. The van der Waals surface area contributed by atoms with Gasteiger partial charge in [-0.15, -0.1) is 0 Å². The number of hydrogen-bond acceptors (Lipinski definition) is 5. The normalized spacial score (nSPS) is 18.0. The number of nitrogens with one attached hydrogen (secondary N) is 1. The first kappa shape index (κ1) is 29.0. The van der Waals surface area contributed by atoms with Gasteiger partial charge in [0.15, 0.2) is 0 Å². The molecule has 0 saturated carbocycles. The van der Waals surface area contributed by atoms with E-state index in [1.54, 1.807) is 37.6 Å². The molecule has 1 aromatic heterocycles. The van der Waals surface area contributed by atoms with Gasteiger partial charge in [-0.05, 0) is 85.7 Å². The maximum Gasteiger partial charge on any atom is 0.303 e. The summed E-state index contributed by atoms with van der Waals surface area (Å²) in [5.74, 6) is 4.91. The number of aliphatic carboxylic acids is 1. The number of benzene rings is 2. The van der Waals surface area contributed by atoms with Gasteiger partial charge in [0.2, 0.25) is 5.91 Å². The molecule has 2 aromatic carbocycles. The number of methoxy groups -OCH3 is 1. The van der Waals surface area contributed by atoms with Gasteiger partial charge in [0.05, 0.1) is 30.4 Å². The minimum absolute atomic E-state index is 0.00247. The second-order valence-electron chi connectivity index (χ2n) is 10.1. The summed E-state index contributed by atoms with van der Waals surface area (Å²) < 4.78 is 34.6. The lowest BCUT2D eigenvalue weighted by atomic mass is 9.79. The molecule has 1 saturated heterocycles. The number of amides is 1. The van der Waals surface area contributed by atoms with E-state index in [9.17, 15) is 19.1 Å². The van der Waals surface area contributed by atoms with E-state index in [-0.39, 0.29) is 30.6 Å². The van der Waals surface area contributed by atoms with E-state index in [0.717, 1.165) is 6.42 Å². The summed E-state index contributed by atoms with van der Waals surface area (Å²) in [6.07, 6.45) is 1.97. The van der Waals surface area contributed by atoms with Crippen molar-refractivity contribution in [3.05, 3.63) is 65.6 Å². The molecule has 40 heavy (non-hydrogen) atoms. The third kappa shape index (κ3) is 7.54. The smallest absolute Gasteiger partial charge is 0.303 e. The highest BCUT2D eigenvalue weighted by atomic mass is 19.1. The number of carboxylic acids is 1. The van der Waals surface area contributed by atoms with E-state index in [2.05, 4.69) is 27.0 Å². The molecule has 0 spiro atoms.